The van der Waals surface area contributed by atoms with Crippen molar-refractivity contribution in [1.29, 1.82) is 0 Å². The number of hydrogen-bond acceptors (Lipinski definition) is 2. The number of rotatable bonds is 4. The largest absolute Gasteiger partial charge is 0.336 e. The zero-order chi connectivity index (χ0) is 17.0. The molecule has 0 spiro atoms. The monoisotopic (exact) mass is 466 g/mol. The second-order valence-corrected chi connectivity index (χ2v) is 10.8. The Balaban J connectivity index is 1.89. The molecule has 0 bridgehead atoms. The zero-order valence-corrected chi connectivity index (χ0v) is 17.5. The number of carbonyl (C=O) groups is 1. The van der Waals surface area contributed by atoms with Crippen LogP contribution in [-0.4, -0.2) is 32.1 Å². The molecule has 0 aromatic rings. The topological polar surface area (TPSA) is 41.1 Å². The molecular weight excluding hydrogens is 446 g/mol. The zero-order valence-electron chi connectivity index (χ0n) is 12.8. The van der Waals surface area contributed by atoms with Gasteiger partial charge in [-0.2, -0.15) is 0 Å². The number of alkyl halides is 5. The molecule has 134 valence electrons. The summed E-state index contributed by atoms with van der Waals surface area (Å²) in [5, 5.41) is 6.44. The lowest BCUT2D eigenvalue weighted by Crippen LogP contribution is -2.58. The molecule has 1 amide bonds. The Hall–Kier alpha value is 1.07. The van der Waals surface area contributed by atoms with E-state index in [-0.39, 0.29) is 23.2 Å². The van der Waals surface area contributed by atoms with E-state index in [4.69, 9.17) is 46.4 Å². The Morgan fingerprint density at radius 3 is 2.09 bits per heavy atom. The molecule has 0 saturated heterocycles. The van der Waals surface area contributed by atoms with E-state index < -0.39 is 9.96 Å². The average Bonchev–Trinajstić information content (AvgIpc) is 2.48. The van der Waals surface area contributed by atoms with Gasteiger partial charge in [0, 0.05) is 22.2 Å². The Morgan fingerprint density at radius 2 is 1.57 bits per heavy atom. The molecule has 0 radical (unpaired) electrons. The highest BCUT2D eigenvalue weighted by atomic mass is 79.9. The summed E-state index contributed by atoms with van der Waals surface area (Å²) in [6, 6.07) is 0.212. The number of nitrogens with one attached hydrogen (secondary N) is 2. The fraction of sp³-hybridized carbons (Fsp3) is 0.933. The van der Waals surface area contributed by atoms with Crippen LogP contribution in [-0.2, 0) is 4.79 Å². The molecule has 2 fully saturated rings. The molecule has 2 aliphatic rings. The van der Waals surface area contributed by atoms with Crippen LogP contribution in [0.1, 0.15) is 51.4 Å². The third-order valence-corrected chi connectivity index (χ3v) is 6.71. The van der Waals surface area contributed by atoms with Gasteiger partial charge in [-0.15, -0.1) is 11.6 Å². The minimum Gasteiger partial charge on any atom is -0.336 e. The number of amides is 1. The highest BCUT2D eigenvalue weighted by Crippen LogP contribution is 2.33. The first-order valence-corrected chi connectivity index (χ1v) is 10.7. The fourth-order valence-electron chi connectivity index (χ4n) is 3.25. The van der Waals surface area contributed by atoms with Crippen LogP contribution in [0.5, 0.6) is 0 Å². The minimum atomic E-state index is -1.58. The Bertz CT molecular complexity index is 391. The van der Waals surface area contributed by atoms with E-state index in [0.29, 0.717) is 4.83 Å². The molecule has 2 saturated carbocycles. The average molecular weight is 469 g/mol. The lowest BCUT2D eigenvalue weighted by atomic mass is 9.88. The summed E-state index contributed by atoms with van der Waals surface area (Å²) < 4.78 is -1.58. The van der Waals surface area contributed by atoms with E-state index in [9.17, 15) is 4.79 Å². The molecule has 1 atom stereocenters. The quantitative estimate of drug-likeness (QED) is 0.455. The van der Waals surface area contributed by atoms with Gasteiger partial charge >= 0.3 is 0 Å². The molecule has 1 unspecified atom stereocenters. The van der Waals surface area contributed by atoms with Crippen molar-refractivity contribution in [3.05, 3.63) is 0 Å². The molecule has 0 aromatic carbocycles. The van der Waals surface area contributed by atoms with Crippen LogP contribution >= 0.6 is 62.3 Å². The van der Waals surface area contributed by atoms with Crippen molar-refractivity contribution < 1.29 is 4.79 Å². The highest BCUT2D eigenvalue weighted by molar-refractivity contribution is 9.09. The molecule has 0 aromatic heterocycles. The number of halogens is 5. The van der Waals surface area contributed by atoms with Crippen molar-refractivity contribution in [1.82, 2.24) is 10.6 Å². The van der Waals surface area contributed by atoms with Crippen LogP contribution in [0.25, 0.3) is 0 Å². The second kappa shape index (κ2) is 9.14. The van der Waals surface area contributed by atoms with Crippen LogP contribution in [0.15, 0.2) is 0 Å². The molecule has 23 heavy (non-hydrogen) atoms. The van der Waals surface area contributed by atoms with Gasteiger partial charge in [0.25, 0.3) is 0 Å². The first kappa shape index (κ1) is 20.4. The van der Waals surface area contributed by atoms with E-state index in [1.165, 1.54) is 0 Å². The van der Waals surface area contributed by atoms with Gasteiger partial charge in [-0.05, 0) is 51.4 Å². The van der Waals surface area contributed by atoms with Crippen LogP contribution in [0, 0.1) is 5.92 Å². The van der Waals surface area contributed by atoms with Gasteiger partial charge in [0.05, 0.1) is 0 Å². The maximum atomic E-state index is 12.5. The summed E-state index contributed by atoms with van der Waals surface area (Å²) in [7, 11) is 0. The van der Waals surface area contributed by atoms with E-state index in [1.54, 1.807) is 0 Å². The van der Waals surface area contributed by atoms with Gasteiger partial charge in [-0.25, -0.2) is 0 Å². The summed E-state index contributed by atoms with van der Waals surface area (Å²) in [4.78, 5) is 13.0. The third kappa shape index (κ3) is 6.71. The first-order valence-electron chi connectivity index (χ1n) is 8.17. The second-order valence-electron chi connectivity index (χ2n) is 6.55. The van der Waals surface area contributed by atoms with Crippen LogP contribution in [0.3, 0.4) is 0 Å². The van der Waals surface area contributed by atoms with E-state index in [1.807, 2.05) is 0 Å². The van der Waals surface area contributed by atoms with Crippen LogP contribution < -0.4 is 10.6 Å². The van der Waals surface area contributed by atoms with Gasteiger partial charge in [-0.3, -0.25) is 10.1 Å². The van der Waals surface area contributed by atoms with Crippen LogP contribution in [0.4, 0.5) is 0 Å². The first-order chi connectivity index (χ1) is 10.8. The fourth-order valence-corrected chi connectivity index (χ4v) is 4.38. The van der Waals surface area contributed by atoms with Gasteiger partial charge in [-0.1, -0.05) is 50.7 Å². The summed E-state index contributed by atoms with van der Waals surface area (Å²) >= 11 is 27.9. The SMILES string of the molecule is O=C(NC(NC1CCC(Cl)CC1)C(Cl)(Cl)Cl)C1CCC(Br)CC1. The molecule has 2 aliphatic carbocycles. The van der Waals surface area contributed by atoms with Crippen molar-refractivity contribution in [3.8, 4) is 0 Å². The maximum Gasteiger partial charge on any atom is 0.224 e. The predicted octanol–water partition coefficient (Wildman–Crippen LogP) is 4.89. The lowest BCUT2D eigenvalue weighted by Gasteiger charge is -2.35. The van der Waals surface area contributed by atoms with Crippen molar-refractivity contribution in [3.63, 3.8) is 0 Å². The molecule has 3 nitrogen and oxygen atoms in total. The van der Waals surface area contributed by atoms with E-state index in [2.05, 4.69) is 26.6 Å². The molecule has 0 aliphatic heterocycles. The molecular formula is C15H23BrCl4N2O. The minimum absolute atomic E-state index is 0.000900. The standard InChI is InChI=1S/C15H23BrCl4N2O/c16-10-3-1-9(2-4-10)13(23)22-14(15(18,19)20)21-12-7-5-11(17)6-8-12/h9-12,14,21H,1-8H2,(H,22,23). The summed E-state index contributed by atoms with van der Waals surface area (Å²) in [5.74, 6) is -0.0294. The van der Waals surface area contributed by atoms with Gasteiger partial charge in [0.2, 0.25) is 9.70 Å². The lowest BCUT2D eigenvalue weighted by molar-refractivity contribution is -0.126. The van der Waals surface area contributed by atoms with Gasteiger partial charge < -0.3 is 5.32 Å². The third-order valence-electron chi connectivity index (χ3n) is 4.70. The Morgan fingerprint density at radius 1 is 1.00 bits per heavy atom. The molecule has 2 rings (SSSR count). The normalized spacial score (nSPS) is 34.0. The summed E-state index contributed by atoms with van der Waals surface area (Å²) in [6.45, 7) is 0. The number of hydrogen-bond donors (Lipinski definition) is 2. The predicted molar refractivity (Wildman–Crippen MR) is 102 cm³/mol. The van der Waals surface area contributed by atoms with Gasteiger partial charge in [0.15, 0.2) is 0 Å². The van der Waals surface area contributed by atoms with E-state index >= 15 is 0 Å². The molecule has 2 N–H and O–H groups in total. The molecule has 0 heterocycles. The smallest absolute Gasteiger partial charge is 0.224 e. The highest BCUT2D eigenvalue weighted by Gasteiger charge is 2.37. The van der Waals surface area contributed by atoms with E-state index in [0.717, 1.165) is 51.4 Å². The van der Waals surface area contributed by atoms with Gasteiger partial charge in [0.1, 0.15) is 6.17 Å². The van der Waals surface area contributed by atoms with Crippen molar-refractivity contribution in [2.75, 3.05) is 0 Å². The Kier molecular flexibility index (Phi) is 8.10. The van der Waals surface area contributed by atoms with Crippen molar-refractivity contribution in [2.24, 2.45) is 5.92 Å². The van der Waals surface area contributed by atoms with Crippen molar-refractivity contribution in [2.45, 2.75) is 77.6 Å². The Labute approximate surface area is 166 Å². The summed E-state index contributed by atoms with van der Waals surface area (Å²) in [6.07, 6.45) is 6.79. The molecule has 8 heteroatoms. The summed E-state index contributed by atoms with van der Waals surface area (Å²) in [5.41, 5.74) is 0. The maximum absolute atomic E-state index is 12.5. The van der Waals surface area contributed by atoms with Crippen LogP contribution in [0.2, 0.25) is 0 Å². The number of carbonyl (C=O) groups excluding carboxylic acids is 1. The van der Waals surface area contributed by atoms with Crippen molar-refractivity contribution >= 4 is 68.2 Å².